The summed E-state index contributed by atoms with van der Waals surface area (Å²) in [6, 6.07) is 8.78. The zero-order valence-electron chi connectivity index (χ0n) is 12.2. The molecule has 0 aliphatic heterocycles. The number of sulfonamides is 1. The lowest BCUT2D eigenvalue weighted by Crippen LogP contribution is -2.13. The molecule has 0 heterocycles. The maximum Gasteiger partial charge on any atom is 0.308 e. The van der Waals surface area contributed by atoms with Gasteiger partial charge in [-0.05, 0) is 46.3 Å². The lowest BCUT2D eigenvalue weighted by Gasteiger charge is -2.11. The first-order valence-corrected chi connectivity index (χ1v) is 8.72. The van der Waals surface area contributed by atoms with E-state index in [4.69, 9.17) is 4.74 Å². The monoisotopic (exact) mass is 414 g/mol. The number of hydrogen-bond donors (Lipinski definition) is 1. The van der Waals surface area contributed by atoms with Crippen LogP contribution in [0.1, 0.15) is 6.92 Å². The first-order valence-electron chi connectivity index (χ1n) is 6.44. The van der Waals surface area contributed by atoms with E-state index in [1.807, 2.05) is 0 Å². The maximum absolute atomic E-state index is 12.3. The summed E-state index contributed by atoms with van der Waals surface area (Å²) < 4.78 is 32.2. The molecule has 10 heteroatoms. The van der Waals surface area contributed by atoms with Gasteiger partial charge in [0.05, 0.1) is 15.5 Å². The number of nitrogens with one attached hydrogen (secondary N) is 1. The second-order valence-corrected chi connectivity index (χ2v) is 7.13. The summed E-state index contributed by atoms with van der Waals surface area (Å²) in [5, 5.41) is 10.6. The summed E-state index contributed by atoms with van der Waals surface area (Å²) in [5.41, 5.74) is 0.0186. The third kappa shape index (κ3) is 4.30. The largest absolute Gasteiger partial charge is 0.427 e. The summed E-state index contributed by atoms with van der Waals surface area (Å²) >= 11 is 3.19. The molecule has 0 fully saturated rings. The Morgan fingerprint density at radius 2 is 1.83 bits per heavy atom. The molecule has 0 saturated carbocycles. The Morgan fingerprint density at radius 3 is 2.33 bits per heavy atom. The van der Waals surface area contributed by atoms with Gasteiger partial charge in [-0.25, -0.2) is 8.42 Å². The van der Waals surface area contributed by atoms with Gasteiger partial charge in [0.25, 0.3) is 15.7 Å². The van der Waals surface area contributed by atoms with Crippen molar-refractivity contribution >= 4 is 43.3 Å². The predicted molar refractivity (Wildman–Crippen MR) is 89.4 cm³/mol. The summed E-state index contributed by atoms with van der Waals surface area (Å²) in [4.78, 5) is 20.8. The number of hydrogen-bond acceptors (Lipinski definition) is 6. The number of nitrogens with zero attached hydrogens (tertiary/aromatic N) is 1. The Bertz CT molecular complexity index is 896. The number of carbonyl (C=O) groups is 1. The Balaban J connectivity index is 2.25. The lowest BCUT2D eigenvalue weighted by molar-refractivity contribution is -0.384. The highest BCUT2D eigenvalue weighted by Crippen LogP contribution is 2.29. The summed E-state index contributed by atoms with van der Waals surface area (Å²) in [6.45, 7) is 1.25. The van der Waals surface area contributed by atoms with Crippen molar-refractivity contribution in [3.63, 3.8) is 0 Å². The van der Waals surface area contributed by atoms with Crippen molar-refractivity contribution in [2.75, 3.05) is 4.72 Å². The van der Waals surface area contributed by atoms with Crippen molar-refractivity contribution in [1.29, 1.82) is 0 Å². The van der Waals surface area contributed by atoms with Crippen molar-refractivity contribution in [1.82, 2.24) is 0 Å². The number of ether oxygens (including phenoxy) is 1. The van der Waals surface area contributed by atoms with Crippen LogP contribution in [0.25, 0.3) is 0 Å². The molecule has 0 unspecified atom stereocenters. The molecular formula is C14H11BrN2O6S. The molecule has 0 atom stereocenters. The van der Waals surface area contributed by atoms with E-state index in [0.29, 0.717) is 4.47 Å². The minimum Gasteiger partial charge on any atom is -0.427 e. The Labute approximate surface area is 145 Å². The number of benzene rings is 2. The van der Waals surface area contributed by atoms with Crippen molar-refractivity contribution in [2.45, 2.75) is 11.8 Å². The van der Waals surface area contributed by atoms with E-state index in [2.05, 4.69) is 20.7 Å². The SMILES string of the molecule is CC(=O)Oc1ccc(NS(=O)(=O)c2ccc([N+](=O)[O-])cc2)c(Br)c1. The molecule has 2 rings (SSSR count). The van der Waals surface area contributed by atoms with Crippen LogP contribution in [0.2, 0.25) is 0 Å². The summed E-state index contributed by atoms with van der Waals surface area (Å²) in [5.74, 6) is -0.242. The smallest absolute Gasteiger partial charge is 0.308 e. The average Bonchev–Trinajstić information content (AvgIpc) is 2.49. The van der Waals surface area contributed by atoms with E-state index >= 15 is 0 Å². The van der Waals surface area contributed by atoms with Crippen LogP contribution in [-0.2, 0) is 14.8 Å². The second kappa shape index (κ2) is 6.97. The number of esters is 1. The molecule has 0 radical (unpaired) electrons. The topological polar surface area (TPSA) is 116 Å². The van der Waals surface area contributed by atoms with Gasteiger partial charge in [-0.15, -0.1) is 0 Å². The molecule has 0 amide bonds. The minimum absolute atomic E-state index is 0.121. The number of halogens is 1. The minimum atomic E-state index is -3.92. The van der Waals surface area contributed by atoms with Gasteiger partial charge in [-0.3, -0.25) is 19.6 Å². The standard InChI is InChI=1S/C14H11BrN2O6S/c1-9(18)23-11-4-7-14(13(15)8-11)16-24(21,22)12-5-2-10(3-6-12)17(19)20/h2-8,16H,1H3. The van der Waals surface area contributed by atoms with Gasteiger partial charge in [0.1, 0.15) is 5.75 Å². The normalized spacial score (nSPS) is 10.9. The van der Waals surface area contributed by atoms with Crippen LogP contribution >= 0.6 is 15.9 Å². The molecule has 0 saturated heterocycles. The molecule has 126 valence electrons. The van der Waals surface area contributed by atoms with Crippen molar-refractivity contribution in [3.8, 4) is 5.75 Å². The lowest BCUT2D eigenvalue weighted by atomic mass is 10.3. The fourth-order valence-corrected chi connectivity index (χ4v) is 3.43. The van der Waals surface area contributed by atoms with Crippen LogP contribution in [0.5, 0.6) is 5.75 Å². The highest BCUT2D eigenvalue weighted by atomic mass is 79.9. The molecule has 0 aromatic heterocycles. The average molecular weight is 415 g/mol. The highest BCUT2D eigenvalue weighted by Gasteiger charge is 2.17. The Kier molecular flexibility index (Phi) is 5.20. The predicted octanol–water partition coefficient (Wildman–Crippen LogP) is 3.08. The molecule has 8 nitrogen and oxygen atoms in total. The molecule has 0 aliphatic rings. The maximum atomic E-state index is 12.3. The summed E-state index contributed by atoms with van der Waals surface area (Å²) in [6.07, 6.45) is 0. The van der Waals surface area contributed by atoms with Crippen molar-refractivity contribution in [2.24, 2.45) is 0 Å². The quantitative estimate of drug-likeness (QED) is 0.347. The van der Waals surface area contributed by atoms with Crippen LogP contribution in [0, 0.1) is 10.1 Å². The first-order chi connectivity index (χ1) is 11.2. The fraction of sp³-hybridized carbons (Fsp3) is 0.0714. The third-order valence-corrected chi connectivity index (χ3v) is 4.84. The molecule has 2 aromatic carbocycles. The molecule has 2 aromatic rings. The third-order valence-electron chi connectivity index (χ3n) is 2.80. The number of nitro groups is 1. The van der Waals surface area contributed by atoms with Gasteiger partial charge >= 0.3 is 5.97 Å². The van der Waals surface area contributed by atoms with Gasteiger partial charge < -0.3 is 4.74 Å². The zero-order chi connectivity index (χ0) is 17.9. The van der Waals surface area contributed by atoms with Crippen LogP contribution in [0.4, 0.5) is 11.4 Å². The van der Waals surface area contributed by atoms with E-state index < -0.39 is 20.9 Å². The zero-order valence-corrected chi connectivity index (χ0v) is 14.6. The molecule has 1 N–H and O–H groups in total. The number of non-ortho nitro benzene ring substituents is 1. The van der Waals surface area contributed by atoms with Crippen molar-refractivity contribution < 1.29 is 22.9 Å². The van der Waals surface area contributed by atoms with E-state index in [9.17, 15) is 23.3 Å². The number of carbonyl (C=O) groups excluding carboxylic acids is 1. The summed E-state index contributed by atoms with van der Waals surface area (Å²) in [7, 11) is -3.92. The molecule has 0 bridgehead atoms. The van der Waals surface area contributed by atoms with Crippen LogP contribution < -0.4 is 9.46 Å². The second-order valence-electron chi connectivity index (χ2n) is 4.59. The van der Waals surface area contributed by atoms with Gasteiger partial charge in [-0.2, -0.15) is 0 Å². The van der Waals surface area contributed by atoms with E-state index in [-0.39, 0.29) is 22.0 Å². The highest BCUT2D eigenvalue weighted by molar-refractivity contribution is 9.10. The van der Waals surface area contributed by atoms with Crippen LogP contribution in [0.15, 0.2) is 51.8 Å². The van der Waals surface area contributed by atoms with Gasteiger partial charge in [0.15, 0.2) is 0 Å². The number of anilines is 1. The van der Waals surface area contributed by atoms with Crippen molar-refractivity contribution in [3.05, 3.63) is 57.1 Å². The van der Waals surface area contributed by atoms with E-state index in [1.165, 1.54) is 25.1 Å². The van der Waals surface area contributed by atoms with Gasteiger partial charge in [0.2, 0.25) is 0 Å². The number of rotatable bonds is 5. The fourth-order valence-electron chi connectivity index (χ4n) is 1.76. The molecule has 0 aliphatic carbocycles. The van der Waals surface area contributed by atoms with E-state index in [0.717, 1.165) is 24.3 Å². The van der Waals surface area contributed by atoms with Gasteiger partial charge in [0, 0.05) is 23.5 Å². The first kappa shape index (κ1) is 17.9. The van der Waals surface area contributed by atoms with Gasteiger partial charge in [-0.1, -0.05) is 0 Å². The molecule has 24 heavy (non-hydrogen) atoms. The Morgan fingerprint density at radius 1 is 1.21 bits per heavy atom. The molecular weight excluding hydrogens is 404 g/mol. The Hall–Kier alpha value is -2.46. The van der Waals surface area contributed by atoms with Crippen LogP contribution in [0.3, 0.4) is 0 Å². The molecule has 0 spiro atoms. The number of nitro benzene ring substituents is 1. The van der Waals surface area contributed by atoms with Crippen LogP contribution in [-0.4, -0.2) is 19.3 Å². The van der Waals surface area contributed by atoms with E-state index in [1.54, 1.807) is 0 Å².